The van der Waals surface area contributed by atoms with Crippen molar-refractivity contribution in [2.24, 2.45) is 5.92 Å². The van der Waals surface area contributed by atoms with E-state index in [9.17, 15) is 4.79 Å². The van der Waals surface area contributed by atoms with Gasteiger partial charge in [0, 0.05) is 10.1 Å². The number of rotatable bonds is 4. The first kappa shape index (κ1) is 18.0. The van der Waals surface area contributed by atoms with E-state index in [4.69, 9.17) is 11.6 Å². The highest BCUT2D eigenvalue weighted by Crippen LogP contribution is 2.19. The predicted octanol–water partition coefficient (Wildman–Crippen LogP) is 3.49. The fourth-order valence-corrected chi connectivity index (χ4v) is 3.27. The number of amides is 1. The molecule has 0 saturated carbocycles. The summed E-state index contributed by atoms with van der Waals surface area (Å²) < 4.78 is 1.03. The van der Waals surface area contributed by atoms with Gasteiger partial charge in [0.1, 0.15) is 0 Å². The molecule has 6 heteroatoms. The Hall–Kier alpha value is -0.0400. The van der Waals surface area contributed by atoms with Crippen LogP contribution in [-0.4, -0.2) is 25.5 Å². The molecule has 2 N–H and O–H groups in total. The van der Waals surface area contributed by atoms with E-state index < -0.39 is 0 Å². The molecule has 1 atom stereocenters. The standard InChI is InChI=1S/C14H18ClIN2O.ClH/c15-13-8-11(16)3-4-12(13)14(19)18-7-5-10-2-1-6-17-9-10;/h3-4,8,10,17H,1-2,5-7,9H2,(H,18,19);1H. The summed E-state index contributed by atoms with van der Waals surface area (Å²) in [6, 6.07) is 5.48. The summed E-state index contributed by atoms with van der Waals surface area (Å²) in [5.74, 6) is 0.603. The number of benzene rings is 1. The summed E-state index contributed by atoms with van der Waals surface area (Å²) in [7, 11) is 0. The molecule has 1 amide bonds. The second-order valence-electron chi connectivity index (χ2n) is 4.88. The van der Waals surface area contributed by atoms with Crippen LogP contribution in [0.5, 0.6) is 0 Å². The Balaban J connectivity index is 0.00000200. The van der Waals surface area contributed by atoms with Crippen LogP contribution in [0.3, 0.4) is 0 Å². The molecule has 0 spiro atoms. The van der Waals surface area contributed by atoms with E-state index in [-0.39, 0.29) is 18.3 Å². The van der Waals surface area contributed by atoms with Gasteiger partial charge in [-0.1, -0.05) is 11.6 Å². The lowest BCUT2D eigenvalue weighted by atomic mass is 9.96. The van der Waals surface area contributed by atoms with Crippen LogP contribution in [0.2, 0.25) is 5.02 Å². The monoisotopic (exact) mass is 428 g/mol. The lowest BCUT2D eigenvalue weighted by Gasteiger charge is -2.22. The molecule has 0 aromatic heterocycles. The van der Waals surface area contributed by atoms with Crippen molar-refractivity contribution in [2.45, 2.75) is 19.3 Å². The summed E-state index contributed by atoms with van der Waals surface area (Å²) in [6.07, 6.45) is 3.52. The smallest absolute Gasteiger partial charge is 0.252 e. The average Bonchev–Trinajstić information content (AvgIpc) is 2.39. The molecule has 20 heavy (non-hydrogen) atoms. The first-order chi connectivity index (χ1) is 9.16. The zero-order valence-electron chi connectivity index (χ0n) is 11.1. The van der Waals surface area contributed by atoms with Gasteiger partial charge in [0.2, 0.25) is 0 Å². The minimum Gasteiger partial charge on any atom is -0.352 e. The van der Waals surface area contributed by atoms with Gasteiger partial charge in [-0.05, 0) is 79.1 Å². The third-order valence-electron chi connectivity index (χ3n) is 3.41. The molecular weight excluding hydrogens is 410 g/mol. The van der Waals surface area contributed by atoms with Crippen LogP contribution in [0.4, 0.5) is 0 Å². The minimum absolute atomic E-state index is 0. The molecule has 1 aliphatic heterocycles. The zero-order valence-corrected chi connectivity index (χ0v) is 14.9. The van der Waals surface area contributed by atoms with Crippen molar-refractivity contribution in [3.8, 4) is 0 Å². The maximum Gasteiger partial charge on any atom is 0.252 e. The van der Waals surface area contributed by atoms with Crippen LogP contribution in [0.15, 0.2) is 18.2 Å². The number of hydrogen-bond donors (Lipinski definition) is 2. The fraction of sp³-hybridized carbons (Fsp3) is 0.500. The minimum atomic E-state index is -0.0785. The van der Waals surface area contributed by atoms with Crippen molar-refractivity contribution in [2.75, 3.05) is 19.6 Å². The average molecular weight is 429 g/mol. The molecule has 112 valence electrons. The number of carbonyl (C=O) groups is 1. The van der Waals surface area contributed by atoms with Crippen molar-refractivity contribution < 1.29 is 4.79 Å². The maximum atomic E-state index is 12.0. The fourth-order valence-electron chi connectivity index (χ4n) is 2.33. The van der Waals surface area contributed by atoms with Crippen LogP contribution in [-0.2, 0) is 0 Å². The summed E-state index contributed by atoms with van der Waals surface area (Å²) in [4.78, 5) is 12.0. The molecule has 1 heterocycles. The summed E-state index contributed by atoms with van der Waals surface area (Å²) >= 11 is 8.26. The van der Waals surface area contributed by atoms with Crippen LogP contribution >= 0.6 is 46.6 Å². The van der Waals surface area contributed by atoms with Gasteiger partial charge >= 0.3 is 0 Å². The Labute approximate surface area is 144 Å². The summed E-state index contributed by atoms with van der Waals surface area (Å²) in [5, 5.41) is 6.86. The molecule has 2 rings (SSSR count). The Bertz CT molecular complexity index is 451. The maximum absolute atomic E-state index is 12.0. The van der Waals surface area contributed by atoms with E-state index in [2.05, 4.69) is 33.2 Å². The Kier molecular flexibility index (Phi) is 8.17. The highest BCUT2D eigenvalue weighted by molar-refractivity contribution is 14.1. The van der Waals surface area contributed by atoms with Crippen molar-refractivity contribution in [1.82, 2.24) is 10.6 Å². The van der Waals surface area contributed by atoms with Crippen LogP contribution < -0.4 is 10.6 Å². The van der Waals surface area contributed by atoms with Gasteiger partial charge in [-0.25, -0.2) is 0 Å². The molecule has 0 aliphatic carbocycles. The zero-order chi connectivity index (χ0) is 13.7. The molecule has 0 bridgehead atoms. The molecule has 1 aromatic rings. The molecule has 1 fully saturated rings. The van der Waals surface area contributed by atoms with E-state index in [1.165, 1.54) is 12.8 Å². The second-order valence-corrected chi connectivity index (χ2v) is 6.53. The van der Waals surface area contributed by atoms with Crippen LogP contribution in [0.25, 0.3) is 0 Å². The van der Waals surface area contributed by atoms with Gasteiger partial charge in [0.15, 0.2) is 0 Å². The normalized spacial score (nSPS) is 18.2. The quantitative estimate of drug-likeness (QED) is 0.720. The van der Waals surface area contributed by atoms with E-state index in [0.717, 1.165) is 23.1 Å². The topological polar surface area (TPSA) is 41.1 Å². The Morgan fingerprint density at radius 2 is 2.30 bits per heavy atom. The third kappa shape index (κ3) is 5.39. The van der Waals surface area contributed by atoms with Crippen molar-refractivity contribution in [3.63, 3.8) is 0 Å². The van der Waals surface area contributed by atoms with E-state index >= 15 is 0 Å². The first-order valence-electron chi connectivity index (χ1n) is 6.61. The second kappa shape index (κ2) is 9.07. The first-order valence-corrected chi connectivity index (χ1v) is 8.06. The van der Waals surface area contributed by atoms with Crippen molar-refractivity contribution >= 4 is 52.5 Å². The predicted molar refractivity (Wildman–Crippen MR) is 94.0 cm³/mol. The lowest BCUT2D eigenvalue weighted by Crippen LogP contribution is -2.33. The summed E-state index contributed by atoms with van der Waals surface area (Å²) in [5.41, 5.74) is 0.559. The van der Waals surface area contributed by atoms with Crippen LogP contribution in [0, 0.1) is 9.49 Å². The summed E-state index contributed by atoms with van der Waals surface area (Å²) in [6.45, 7) is 2.91. The Morgan fingerprint density at radius 1 is 1.50 bits per heavy atom. The number of nitrogens with one attached hydrogen (secondary N) is 2. The Morgan fingerprint density at radius 3 is 2.95 bits per heavy atom. The molecule has 1 aliphatic rings. The van der Waals surface area contributed by atoms with Gasteiger partial charge in [-0.15, -0.1) is 12.4 Å². The molecule has 0 radical (unpaired) electrons. The van der Waals surface area contributed by atoms with Crippen LogP contribution in [0.1, 0.15) is 29.6 Å². The van der Waals surface area contributed by atoms with E-state index in [1.807, 2.05) is 12.1 Å². The third-order valence-corrected chi connectivity index (χ3v) is 4.40. The molecule has 1 aromatic carbocycles. The van der Waals surface area contributed by atoms with Crippen molar-refractivity contribution in [1.29, 1.82) is 0 Å². The van der Waals surface area contributed by atoms with Gasteiger partial charge in [-0.2, -0.15) is 0 Å². The highest BCUT2D eigenvalue weighted by atomic mass is 127. The molecule has 3 nitrogen and oxygen atoms in total. The van der Waals surface area contributed by atoms with Gasteiger partial charge in [-0.3, -0.25) is 4.79 Å². The SMILES string of the molecule is Cl.O=C(NCCC1CCCNC1)c1ccc(I)cc1Cl. The van der Waals surface area contributed by atoms with E-state index in [0.29, 0.717) is 23.0 Å². The number of halogens is 3. The largest absolute Gasteiger partial charge is 0.352 e. The number of carbonyl (C=O) groups excluding carboxylic acids is 1. The molecule has 1 saturated heterocycles. The molecular formula is C14H19Cl2IN2O. The number of piperidine rings is 1. The highest BCUT2D eigenvalue weighted by Gasteiger charge is 2.14. The van der Waals surface area contributed by atoms with Gasteiger partial charge < -0.3 is 10.6 Å². The van der Waals surface area contributed by atoms with E-state index in [1.54, 1.807) is 6.07 Å². The van der Waals surface area contributed by atoms with Gasteiger partial charge in [0.25, 0.3) is 5.91 Å². The lowest BCUT2D eigenvalue weighted by molar-refractivity contribution is 0.0951. The van der Waals surface area contributed by atoms with Gasteiger partial charge in [0.05, 0.1) is 10.6 Å². The number of hydrogen-bond acceptors (Lipinski definition) is 2. The van der Waals surface area contributed by atoms with Crippen molar-refractivity contribution in [3.05, 3.63) is 32.4 Å². The molecule has 1 unspecified atom stereocenters.